The van der Waals surface area contributed by atoms with Crippen LogP contribution in [0.1, 0.15) is 12.0 Å². The van der Waals surface area contributed by atoms with Crippen molar-refractivity contribution in [3.8, 4) is 0 Å². The molecule has 10 heteroatoms. The highest BCUT2D eigenvalue weighted by atomic mass is 35.5. The molecule has 2 aromatic carbocycles. The highest BCUT2D eigenvalue weighted by Crippen LogP contribution is 2.30. The van der Waals surface area contributed by atoms with Gasteiger partial charge in [0.05, 0.1) is 0 Å². The largest absolute Gasteiger partial charge is 0.372 e. The summed E-state index contributed by atoms with van der Waals surface area (Å²) in [6, 6.07) is 10.4. The molecule has 0 saturated carbocycles. The van der Waals surface area contributed by atoms with Crippen LogP contribution in [0.15, 0.2) is 42.5 Å². The van der Waals surface area contributed by atoms with Crippen LogP contribution in [0.3, 0.4) is 0 Å². The number of aliphatic hydroxyl groups is 1. The van der Waals surface area contributed by atoms with Crippen LogP contribution in [0.25, 0.3) is 0 Å². The lowest BCUT2D eigenvalue weighted by Crippen LogP contribution is -2.52. The minimum atomic E-state index is -2.23. The van der Waals surface area contributed by atoms with E-state index in [9.17, 15) is 23.3 Å². The average molecular weight is 440 g/mol. The van der Waals surface area contributed by atoms with Crippen molar-refractivity contribution in [2.45, 2.75) is 18.6 Å². The summed E-state index contributed by atoms with van der Waals surface area (Å²) < 4.78 is 27.5. The van der Waals surface area contributed by atoms with Crippen molar-refractivity contribution in [3.05, 3.63) is 58.9 Å². The third kappa shape index (κ3) is 4.75. The molecule has 3 rings (SSSR count). The second-order valence-corrected chi connectivity index (χ2v) is 8.18. The van der Waals surface area contributed by atoms with Gasteiger partial charge in [-0.2, -0.15) is 0 Å². The fourth-order valence-electron chi connectivity index (χ4n) is 3.11. The van der Waals surface area contributed by atoms with E-state index in [1.165, 1.54) is 23.3 Å². The number of amides is 2. The van der Waals surface area contributed by atoms with Gasteiger partial charge in [-0.3, -0.25) is 9.59 Å². The van der Waals surface area contributed by atoms with Crippen molar-refractivity contribution in [3.63, 3.8) is 0 Å². The summed E-state index contributed by atoms with van der Waals surface area (Å²) >= 11 is 5.79. The summed E-state index contributed by atoms with van der Waals surface area (Å²) in [6.45, 7) is 0.0425. The van der Waals surface area contributed by atoms with Gasteiger partial charge in [0, 0.05) is 42.2 Å². The van der Waals surface area contributed by atoms with Gasteiger partial charge in [-0.05, 0) is 42.0 Å². The van der Waals surface area contributed by atoms with E-state index in [-0.39, 0.29) is 24.5 Å². The third-order valence-corrected chi connectivity index (χ3v) is 5.21. The molecule has 2 atom stereocenters. The number of halogens is 2. The van der Waals surface area contributed by atoms with Crippen molar-refractivity contribution < 1.29 is 23.3 Å². The van der Waals surface area contributed by atoms with Crippen LogP contribution in [0, 0.1) is 5.82 Å². The summed E-state index contributed by atoms with van der Waals surface area (Å²) in [5.74, 6) is -2.18. The zero-order valence-corrected chi connectivity index (χ0v) is 17.0. The van der Waals surface area contributed by atoms with Gasteiger partial charge in [-0.1, -0.05) is 17.7 Å². The first-order valence-electron chi connectivity index (χ1n) is 8.67. The van der Waals surface area contributed by atoms with E-state index in [1.807, 2.05) is 0 Å². The van der Waals surface area contributed by atoms with E-state index < -0.39 is 34.2 Å². The van der Waals surface area contributed by atoms with Crippen LogP contribution < -0.4 is 14.9 Å². The topological polar surface area (TPSA) is 98.7 Å². The number of carbonyl (C=O) groups excluding carboxylic acids is 2. The van der Waals surface area contributed by atoms with Crippen LogP contribution in [-0.2, 0) is 27.1 Å². The van der Waals surface area contributed by atoms with Gasteiger partial charge < -0.3 is 20.0 Å². The number of anilines is 2. The molecule has 7 nitrogen and oxygen atoms in total. The molecular formula is C19H19ClFN3O4S. The predicted octanol–water partition coefficient (Wildman–Crippen LogP) is 1.97. The van der Waals surface area contributed by atoms with E-state index in [2.05, 4.69) is 10.0 Å². The first-order chi connectivity index (χ1) is 13.7. The standard InChI is InChI=1S/C19H19ClFN3O4S/c1-29(28)23-15-3-2-4-16(10-15)24-6-5-19(27,18(24)26)17(25)22-11-12-7-13(20)9-14(21)8-12/h2-4,7-10,23,27H,5-6,11H2,1H3,(H,22,25)/t19-,29?/m1/s1. The minimum Gasteiger partial charge on any atom is -0.372 e. The van der Waals surface area contributed by atoms with Crippen LogP contribution in [0.2, 0.25) is 5.02 Å². The van der Waals surface area contributed by atoms with Gasteiger partial charge in [-0.25, -0.2) is 8.60 Å². The Labute approximate surface area is 174 Å². The maximum atomic E-state index is 13.4. The second kappa shape index (κ2) is 8.48. The summed E-state index contributed by atoms with van der Waals surface area (Å²) in [5.41, 5.74) is -0.820. The molecule has 0 aliphatic carbocycles. The lowest BCUT2D eigenvalue weighted by Gasteiger charge is -2.22. The van der Waals surface area contributed by atoms with Gasteiger partial charge in [0.25, 0.3) is 11.8 Å². The SMILES string of the molecule is CS(=O)Nc1cccc(N2CC[C@@](O)(C(=O)NCc3cc(F)cc(Cl)c3)C2=O)c1. The molecule has 1 aliphatic rings. The third-order valence-electron chi connectivity index (χ3n) is 4.47. The normalized spacial score (nSPS) is 19.9. The summed E-state index contributed by atoms with van der Waals surface area (Å²) in [5, 5.41) is 13.3. The number of rotatable bonds is 6. The van der Waals surface area contributed by atoms with Gasteiger partial charge in [0.2, 0.25) is 5.60 Å². The molecule has 2 amide bonds. The van der Waals surface area contributed by atoms with Crippen molar-refractivity contribution in [1.82, 2.24) is 5.32 Å². The molecule has 1 saturated heterocycles. The van der Waals surface area contributed by atoms with E-state index in [0.717, 1.165) is 6.07 Å². The smallest absolute Gasteiger partial charge is 0.268 e. The van der Waals surface area contributed by atoms with Gasteiger partial charge in [0.1, 0.15) is 16.8 Å². The maximum absolute atomic E-state index is 13.4. The number of nitrogens with one attached hydrogen (secondary N) is 2. The Kier molecular flexibility index (Phi) is 6.21. The monoisotopic (exact) mass is 439 g/mol. The van der Waals surface area contributed by atoms with Gasteiger partial charge in [0.15, 0.2) is 0 Å². The molecule has 3 N–H and O–H groups in total. The molecule has 0 spiro atoms. The molecule has 0 aromatic heterocycles. The van der Waals surface area contributed by atoms with Crippen molar-refractivity contribution >= 4 is 45.8 Å². The van der Waals surface area contributed by atoms with E-state index >= 15 is 0 Å². The van der Waals surface area contributed by atoms with E-state index in [1.54, 1.807) is 24.3 Å². The molecule has 1 heterocycles. The van der Waals surface area contributed by atoms with Crippen LogP contribution >= 0.6 is 11.6 Å². The lowest BCUT2D eigenvalue weighted by atomic mass is 10.0. The molecule has 1 aliphatic heterocycles. The zero-order valence-electron chi connectivity index (χ0n) is 15.4. The number of nitrogens with zero attached hydrogens (tertiary/aromatic N) is 1. The predicted molar refractivity (Wildman–Crippen MR) is 109 cm³/mol. The summed E-state index contributed by atoms with van der Waals surface area (Å²) in [4.78, 5) is 26.6. The number of benzene rings is 2. The maximum Gasteiger partial charge on any atom is 0.268 e. The van der Waals surface area contributed by atoms with E-state index in [0.29, 0.717) is 16.9 Å². The van der Waals surface area contributed by atoms with Gasteiger partial charge in [-0.15, -0.1) is 0 Å². The Morgan fingerprint density at radius 2 is 2.10 bits per heavy atom. The molecular weight excluding hydrogens is 421 g/mol. The Bertz CT molecular complexity index is 969. The zero-order chi connectivity index (χ0) is 21.2. The molecule has 1 fully saturated rings. The number of hydrogen-bond acceptors (Lipinski definition) is 4. The molecule has 29 heavy (non-hydrogen) atoms. The van der Waals surface area contributed by atoms with Crippen molar-refractivity contribution in [1.29, 1.82) is 0 Å². The quantitative estimate of drug-likeness (QED) is 0.599. The number of hydrogen-bond donors (Lipinski definition) is 3. The summed E-state index contributed by atoms with van der Waals surface area (Å²) in [7, 11) is -1.29. The van der Waals surface area contributed by atoms with E-state index in [4.69, 9.17) is 11.6 Å². The number of carbonyl (C=O) groups is 2. The van der Waals surface area contributed by atoms with Crippen LogP contribution in [0.5, 0.6) is 0 Å². The average Bonchev–Trinajstić information content (AvgIpc) is 2.95. The minimum absolute atomic E-state index is 0.0897. The molecule has 154 valence electrons. The molecule has 0 bridgehead atoms. The molecule has 0 radical (unpaired) electrons. The van der Waals surface area contributed by atoms with Crippen LogP contribution in [0.4, 0.5) is 15.8 Å². The Hall–Kier alpha value is -2.49. The summed E-state index contributed by atoms with van der Waals surface area (Å²) in [6.07, 6.45) is 1.38. The van der Waals surface area contributed by atoms with Crippen LogP contribution in [-0.4, -0.2) is 39.5 Å². The highest BCUT2D eigenvalue weighted by molar-refractivity contribution is 7.85. The lowest BCUT2D eigenvalue weighted by molar-refractivity contribution is -0.149. The van der Waals surface area contributed by atoms with Crippen molar-refractivity contribution in [2.75, 3.05) is 22.4 Å². The fraction of sp³-hybridized carbons (Fsp3) is 0.263. The molecule has 2 aromatic rings. The first kappa shape index (κ1) is 21.2. The first-order valence-corrected chi connectivity index (χ1v) is 10.6. The molecule has 1 unspecified atom stereocenters. The second-order valence-electron chi connectivity index (χ2n) is 6.63. The Balaban J connectivity index is 1.71. The fourth-order valence-corrected chi connectivity index (χ4v) is 3.81. The van der Waals surface area contributed by atoms with Crippen molar-refractivity contribution in [2.24, 2.45) is 0 Å². The Morgan fingerprint density at radius 3 is 2.79 bits per heavy atom. The Morgan fingerprint density at radius 1 is 1.34 bits per heavy atom. The van der Waals surface area contributed by atoms with Gasteiger partial charge >= 0.3 is 0 Å². The highest BCUT2D eigenvalue weighted by Gasteiger charge is 2.51.